The maximum atomic E-state index is 10.6. The van der Waals surface area contributed by atoms with E-state index in [0.29, 0.717) is 13.1 Å². The first kappa shape index (κ1) is 18.3. The van der Waals surface area contributed by atoms with Crippen molar-refractivity contribution in [3.63, 3.8) is 0 Å². The van der Waals surface area contributed by atoms with E-state index >= 15 is 0 Å². The molecule has 0 atom stereocenters. The molecular weight excluding hydrogens is 318 g/mol. The van der Waals surface area contributed by atoms with Gasteiger partial charge in [0, 0.05) is 44.5 Å². The Bertz CT molecular complexity index is 686. The van der Waals surface area contributed by atoms with Gasteiger partial charge in [-0.3, -0.25) is 15.1 Å². The number of nitro benzene ring substituents is 1. The van der Waals surface area contributed by atoms with Gasteiger partial charge in [0.2, 0.25) is 0 Å². The number of nitrogens with one attached hydrogen (secondary N) is 3. The lowest BCUT2D eigenvalue weighted by Gasteiger charge is -2.12. The molecule has 0 aliphatic carbocycles. The van der Waals surface area contributed by atoms with Gasteiger partial charge in [-0.2, -0.15) is 0 Å². The van der Waals surface area contributed by atoms with Crippen molar-refractivity contribution in [2.24, 2.45) is 4.99 Å². The van der Waals surface area contributed by atoms with Crippen LogP contribution in [0.3, 0.4) is 0 Å². The Labute approximate surface area is 147 Å². The summed E-state index contributed by atoms with van der Waals surface area (Å²) < 4.78 is 0. The van der Waals surface area contributed by atoms with Crippen molar-refractivity contribution in [2.75, 3.05) is 32.0 Å². The number of hydrogen-bond donors (Lipinski definition) is 3. The first-order valence-corrected chi connectivity index (χ1v) is 8.16. The van der Waals surface area contributed by atoms with E-state index in [0.717, 1.165) is 24.6 Å². The largest absolute Gasteiger partial charge is 0.383 e. The molecule has 0 fully saturated rings. The van der Waals surface area contributed by atoms with Crippen LogP contribution in [0.25, 0.3) is 0 Å². The molecule has 0 aromatic heterocycles. The van der Waals surface area contributed by atoms with Crippen LogP contribution in [-0.4, -0.2) is 37.6 Å². The topological polar surface area (TPSA) is 91.6 Å². The number of guanidine groups is 1. The normalized spacial score (nSPS) is 11.0. The number of nitro groups is 1. The number of aliphatic imine (C=N–C) groups is 1. The Morgan fingerprint density at radius 1 is 1.00 bits per heavy atom. The minimum Gasteiger partial charge on any atom is -0.383 e. The van der Waals surface area contributed by atoms with E-state index in [9.17, 15) is 10.1 Å². The van der Waals surface area contributed by atoms with Crippen LogP contribution in [0.2, 0.25) is 0 Å². The van der Waals surface area contributed by atoms with E-state index < -0.39 is 4.92 Å². The third-order valence-corrected chi connectivity index (χ3v) is 3.60. The summed E-state index contributed by atoms with van der Waals surface area (Å²) in [4.78, 5) is 14.4. The van der Waals surface area contributed by atoms with Crippen LogP contribution in [0.15, 0.2) is 59.6 Å². The third kappa shape index (κ3) is 6.50. The Morgan fingerprint density at radius 2 is 1.68 bits per heavy atom. The molecule has 2 rings (SSSR count). The quantitative estimate of drug-likeness (QED) is 0.225. The van der Waals surface area contributed by atoms with Gasteiger partial charge in [0.1, 0.15) is 0 Å². The van der Waals surface area contributed by atoms with Crippen molar-refractivity contribution in [3.8, 4) is 0 Å². The molecule has 3 N–H and O–H groups in total. The summed E-state index contributed by atoms with van der Waals surface area (Å²) in [5.74, 6) is 0.751. The third-order valence-electron chi connectivity index (χ3n) is 3.60. The summed E-state index contributed by atoms with van der Waals surface area (Å²) in [6, 6.07) is 16.7. The summed E-state index contributed by atoms with van der Waals surface area (Å²) in [6.45, 7) is 2.17. The summed E-state index contributed by atoms with van der Waals surface area (Å²) in [5.41, 5.74) is 2.22. The van der Waals surface area contributed by atoms with Gasteiger partial charge in [-0.1, -0.05) is 30.3 Å². The molecule has 25 heavy (non-hydrogen) atoms. The van der Waals surface area contributed by atoms with Crippen molar-refractivity contribution in [3.05, 3.63) is 70.3 Å². The lowest BCUT2D eigenvalue weighted by molar-refractivity contribution is -0.384. The zero-order chi connectivity index (χ0) is 17.9. The van der Waals surface area contributed by atoms with E-state index in [4.69, 9.17) is 0 Å². The maximum absolute atomic E-state index is 10.6. The first-order valence-electron chi connectivity index (χ1n) is 8.16. The molecule has 2 aromatic carbocycles. The average molecular weight is 341 g/mol. The molecular formula is C18H23N5O2. The van der Waals surface area contributed by atoms with Crippen LogP contribution in [0.5, 0.6) is 0 Å². The van der Waals surface area contributed by atoms with Crippen LogP contribution in [-0.2, 0) is 6.42 Å². The van der Waals surface area contributed by atoms with Crippen molar-refractivity contribution in [1.82, 2.24) is 10.6 Å². The van der Waals surface area contributed by atoms with Gasteiger partial charge in [-0.15, -0.1) is 0 Å². The van der Waals surface area contributed by atoms with Crippen LogP contribution in [0, 0.1) is 10.1 Å². The van der Waals surface area contributed by atoms with Crippen molar-refractivity contribution in [2.45, 2.75) is 6.42 Å². The van der Waals surface area contributed by atoms with Crippen molar-refractivity contribution >= 4 is 17.3 Å². The van der Waals surface area contributed by atoms with Crippen LogP contribution >= 0.6 is 0 Å². The molecule has 0 heterocycles. The second kappa shape index (κ2) is 9.92. The minimum atomic E-state index is -0.406. The lowest BCUT2D eigenvalue weighted by Crippen LogP contribution is -2.40. The molecule has 7 heteroatoms. The van der Waals surface area contributed by atoms with E-state index in [2.05, 4.69) is 33.1 Å². The monoisotopic (exact) mass is 341 g/mol. The number of non-ortho nitro benzene ring substituents is 1. The predicted molar refractivity (Wildman–Crippen MR) is 101 cm³/mol. The van der Waals surface area contributed by atoms with E-state index in [1.807, 2.05) is 18.2 Å². The molecule has 0 aliphatic heterocycles. The summed E-state index contributed by atoms with van der Waals surface area (Å²) in [5, 5.41) is 20.3. The highest BCUT2D eigenvalue weighted by Crippen LogP contribution is 2.14. The fraction of sp³-hybridized carbons (Fsp3) is 0.278. The standard InChI is InChI=1S/C18H23N5O2/c1-19-18(21-12-11-15-5-3-2-4-6-15)22-14-13-20-16-7-9-17(10-8-16)23(24)25/h2-10,20H,11-14H2,1H3,(H2,19,21,22). The number of benzene rings is 2. The zero-order valence-electron chi connectivity index (χ0n) is 14.2. The molecule has 2 aromatic rings. The molecule has 0 spiro atoms. The SMILES string of the molecule is CN=C(NCCNc1ccc([N+](=O)[O-])cc1)NCCc1ccccc1. The van der Waals surface area contributed by atoms with Crippen LogP contribution in [0.1, 0.15) is 5.56 Å². The van der Waals surface area contributed by atoms with Crippen molar-refractivity contribution in [1.29, 1.82) is 0 Å². The Balaban J connectivity index is 1.64. The summed E-state index contributed by atoms with van der Waals surface area (Å²) in [6.07, 6.45) is 0.933. The average Bonchev–Trinajstić information content (AvgIpc) is 2.65. The van der Waals surface area contributed by atoms with Gasteiger partial charge in [0.25, 0.3) is 5.69 Å². The smallest absolute Gasteiger partial charge is 0.269 e. The highest BCUT2D eigenvalue weighted by Gasteiger charge is 2.03. The van der Waals surface area contributed by atoms with E-state index in [1.165, 1.54) is 17.7 Å². The summed E-state index contributed by atoms with van der Waals surface area (Å²) in [7, 11) is 1.74. The van der Waals surface area contributed by atoms with Crippen LogP contribution < -0.4 is 16.0 Å². The Kier molecular flexibility index (Phi) is 7.24. The van der Waals surface area contributed by atoms with Gasteiger partial charge in [0.05, 0.1) is 4.92 Å². The molecule has 0 saturated carbocycles. The van der Waals surface area contributed by atoms with Crippen LogP contribution in [0.4, 0.5) is 11.4 Å². The Morgan fingerprint density at radius 3 is 2.32 bits per heavy atom. The Hall–Kier alpha value is -3.09. The van der Waals surface area contributed by atoms with Gasteiger partial charge in [-0.05, 0) is 24.1 Å². The molecule has 0 bridgehead atoms. The zero-order valence-corrected chi connectivity index (χ0v) is 14.2. The fourth-order valence-electron chi connectivity index (χ4n) is 2.28. The number of hydrogen-bond acceptors (Lipinski definition) is 4. The molecule has 132 valence electrons. The number of anilines is 1. The van der Waals surface area contributed by atoms with Gasteiger partial charge < -0.3 is 16.0 Å². The lowest BCUT2D eigenvalue weighted by atomic mass is 10.1. The molecule has 7 nitrogen and oxygen atoms in total. The molecule has 0 radical (unpaired) electrons. The maximum Gasteiger partial charge on any atom is 0.269 e. The van der Waals surface area contributed by atoms with Gasteiger partial charge in [-0.25, -0.2) is 0 Å². The predicted octanol–water partition coefficient (Wildman–Crippen LogP) is 2.41. The van der Waals surface area contributed by atoms with Gasteiger partial charge >= 0.3 is 0 Å². The number of nitrogens with zero attached hydrogens (tertiary/aromatic N) is 2. The minimum absolute atomic E-state index is 0.0895. The second-order valence-corrected chi connectivity index (χ2v) is 5.39. The first-order chi connectivity index (χ1) is 12.2. The molecule has 0 unspecified atom stereocenters. The molecule has 0 saturated heterocycles. The fourth-order valence-corrected chi connectivity index (χ4v) is 2.28. The van der Waals surface area contributed by atoms with E-state index in [-0.39, 0.29) is 5.69 Å². The summed E-state index contributed by atoms with van der Waals surface area (Å²) >= 11 is 0. The van der Waals surface area contributed by atoms with E-state index in [1.54, 1.807) is 19.2 Å². The van der Waals surface area contributed by atoms with Gasteiger partial charge in [0.15, 0.2) is 5.96 Å². The molecule has 0 amide bonds. The highest BCUT2D eigenvalue weighted by atomic mass is 16.6. The molecule has 0 aliphatic rings. The van der Waals surface area contributed by atoms with Crippen molar-refractivity contribution < 1.29 is 4.92 Å². The number of rotatable bonds is 8. The highest BCUT2D eigenvalue weighted by molar-refractivity contribution is 5.79. The second-order valence-electron chi connectivity index (χ2n) is 5.39.